The number of ether oxygens (including phenoxy) is 1. The van der Waals surface area contributed by atoms with E-state index in [2.05, 4.69) is 25.7 Å². The smallest absolute Gasteiger partial charge is 0.0599 e. The minimum atomic E-state index is 0.388. The van der Waals surface area contributed by atoms with Crippen LogP contribution in [0.25, 0.3) is 0 Å². The van der Waals surface area contributed by atoms with Crippen molar-refractivity contribution >= 4 is 0 Å². The van der Waals surface area contributed by atoms with Gasteiger partial charge in [0.1, 0.15) is 0 Å². The van der Waals surface area contributed by atoms with E-state index < -0.39 is 0 Å². The molecule has 1 saturated heterocycles. The molecule has 3 unspecified atom stereocenters. The summed E-state index contributed by atoms with van der Waals surface area (Å²) < 4.78 is 5.75. The predicted molar refractivity (Wildman–Crippen MR) is 80.2 cm³/mol. The maximum Gasteiger partial charge on any atom is 0.0599 e. The molecule has 3 atom stereocenters. The quantitative estimate of drug-likeness (QED) is 0.852. The second kappa shape index (κ2) is 7.05. The highest BCUT2D eigenvalue weighted by Crippen LogP contribution is 2.33. The lowest BCUT2D eigenvalue weighted by Gasteiger charge is -2.45. The van der Waals surface area contributed by atoms with Crippen LogP contribution in [0.4, 0.5) is 0 Å². The van der Waals surface area contributed by atoms with Crippen molar-refractivity contribution in [3.8, 4) is 0 Å². The van der Waals surface area contributed by atoms with Crippen molar-refractivity contribution in [3.05, 3.63) is 0 Å². The average molecular weight is 268 g/mol. The lowest BCUT2D eigenvalue weighted by atomic mass is 9.76. The molecule has 112 valence electrons. The molecule has 2 rings (SSSR count). The highest BCUT2D eigenvalue weighted by atomic mass is 16.5. The van der Waals surface area contributed by atoms with Gasteiger partial charge in [0.05, 0.1) is 6.10 Å². The van der Waals surface area contributed by atoms with Crippen LogP contribution in [0.5, 0.6) is 0 Å². The minimum Gasteiger partial charge on any atom is -0.378 e. The van der Waals surface area contributed by atoms with Crippen LogP contribution in [-0.4, -0.2) is 42.8 Å². The van der Waals surface area contributed by atoms with Crippen molar-refractivity contribution in [1.82, 2.24) is 4.90 Å². The minimum absolute atomic E-state index is 0.388. The van der Waals surface area contributed by atoms with Crippen LogP contribution in [0, 0.1) is 11.8 Å². The number of nitrogens with zero attached hydrogens (tertiary/aromatic N) is 1. The third kappa shape index (κ3) is 3.93. The molecule has 1 aliphatic carbocycles. The number of hydrogen-bond donors (Lipinski definition) is 1. The van der Waals surface area contributed by atoms with Crippen molar-refractivity contribution in [1.29, 1.82) is 0 Å². The zero-order valence-corrected chi connectivity index (χ0v) is 13.0. The summed E-state index contributed by atoms with van der Waals surface area (Å²) in [6, 6.07) is 1.00. The SMILES string of the molecule is CCOC1CCN(C2CC(C(C)C)CCC2N)CC1. The molecule has 0 amide bonds. The first-order valence-electron chi connectivity index (χ1n) is 8.23. The Morgan fingerprint density at radius 1 is 1.16 bits per heavy atom. The van der Waals surface area contributed by atoms with Gasteiger partial charge in [-0.2, -0.15) is 0 Å². The predicted octanol–water partition coefficient (Wildman–Crippen LogP) is 2.64. The van der Waals surface area contributed by atoms with Gasteiger partial charge in [-0.3, -0.25) is 4.90 Å². The van der Waals surface area contributed by atoms with Crippen molar-refractivity contribution in [2.75, 3.05) is 19.7 Å². The first-order valence-corrected chi connectivity index (χ1v) is 8.23. The van der Waals surface area contributed by atoms with E-state index in [0.717, 1.165) is 18.4 Å². The summed E-state index contributed by atoms with van der Waals surface area (Å²) in [5.41, 5.74) is 6.39. The molecule has 0 aromatic rings. The van der Waals surface area contributed by atoms with E-state index in [1.54, 1.807) is 0 Å². The highest BCUT2D eigenvalue weighted by Gasteiger charge is 2.35. The van der Waals surface area contributed by atoms with Crippen LogP contribution in [0.3, 0.4) is 0 Å². The molecule has 2 N–H and O–H groups in total. The first kappa shape index (κ1) is 15.3. The second-order valence-electron chi connectivity index (χ2n) is 6.74. The van der Waals surface area contributed by atoms with Gasteiger partial charge in [-0.05, 0) is 50.9 Å². The van der Waals surface area contributed by atoms with Gasteiger partial charge in [0.25, 0.3) is 0 Å². The summed E-state index contributed by atoms with van der Waals surface area (Å²) >= 11 is 0. The number of piperidine rings is 1. The fraction of sp³-hybridized carbons (Fsp3) is 1.00. The number of likely N-dealkylation sites (tertiary alicyclic amines) is 1. The van der Waals surface area contributed by atoms with E-state index in [-0.39, 0.29) is 0 Å². The van der Waals surface area contributed by atoms with Crippen LogP contribution in [0.1, 0.15) is 52.9 Å². The topological polar surface area (TPSA) is 38.5 Å². The van der Waals surface area contributed by atoms with E-state index in [0.29, 0.717) is 18.2 Å². The fourth-order valence-corrected chi connectivity index (χ4v) is 3.84. The van der Waals surface area contributed by atoms with Crippen molar-refractivity contribution in [2.24, 2.45) is 17.6 Å². The molecule has 1 heterocycles. The summed E-state index contributed by atoms with van der Waals surface area (Å²) in [5, 5.41) is 0. The zero-order chi connectivity index (χ0) is 13.8. The summed E-state index contributed by atoms with van der Waals surface area (Å²) in [6.45, 7) is 10.0. The molecule has 19 heavy (non-hydrogen) atoms. The molecule has 0 aromatic carbocycles. The number of rotatable bonds is 4. The van der Waals surface area contributed by atoms with Crippen LogP contribution in [0.15, 0.2) is 0 Å². The van der Waals surface area contributed by atoms with E-state index in [1.807, 2.05) is 0 Å². The van der Waals surface area contributed by atoms with Gasteiger partial charge in [-0.25, -0.2) is 0 Å². The molecule has 0 aromatic heterocycles. The number of hydrogen-bond acceptors (Lipinski definition) is 3. The van der Waals surface area contributed by atoms with Crippen LogP contribution >= 0.6 is 0 Å². The molecule has 1 aliphatic heterocycles. The molecular formula is C16H32N2O. The summed E-state index contributed by atoms with van der Waals surface area (Å²) in [5.74, 6) is 1.67. The van der Waals surface area contributed by atoms with Gasteiger partial charge >= 0.3 is 0 Å². The standard InChI is InChI=1S/C16H32N2O/c1-4-19-14-7-9-18(10-8-14)16-11-13(12(2)3)5-6-15(16)17/h12-16H,4-11,17H2,1-3H3. The van der Waals surface area contributed by atoms with Gasteiger partial charge in [-0.1, -0.05) is 13.8 Å². The maximum atomic E-state index is 6.39. The van der Waals surface area contributed by atoms with E-state index >= 15 is 0 Å². The number of nitrogens with two attached hydrogens (primary N) is 1. The van der Waals surface area contributed by atoms with Gasteiger partial charge in [0.15, 0.2) is 0 Å². The normalized spacial score (nSPS) is 34.9. The van der Waals surface area contributed by atoms with Crippen LogP contribution < -0.4 is 5.73 Å². The first-order chi connectivity index (χ1) is 9.11. The molecule has 3 heteroatoms. The molecule has 0 radical (unpaired) electrons. The summed E-state index contributed by atoms with van der Waals surface area (Å²) in [4.78, 5) is 2.65. The van der Waals surface area contributed by atoms with Crippen LogP contribution in [-0.2, 0) is 4.74 Å². The van der Waals surface area contributed by atoms with Crippen molar-refractivity contribution in [2.45, 2.75) is 71.1 Å². The average Bonchev–Trinajstić information content (AvgIpc) is 2.40. The van der Waals surface area contributed by atoms with Gasteiger partial charge in [0.2, 0.25) is 0 Å². The molecule has 3 nitrogen and oxygen atoms in total. The molecule has 0 spiro atoms. The zero-order valence-electron chi connectivity index (χ0n) is 13.0. The van der Waals surface area contributed by atoms with E-state index in [1.165, 1.54) is 45.2 Å². The Balaban J connectivity index is 1.86. The van der Waals surface area contributed by atoms with Gasteiger partial charge in [0, 0.05) is 31.8 Å². The lowest BCUT2D eigenvalue weighted by molar-refractivity contribution is -0.00882. The van der Waals surface area contributed by atoms with Crippen LogP contribution in [0.2, 0.25) is 0 Å². The van der Waals surface area contributed by atoms with Gasteiger partial charge < -0.3 is 10.5 Å². The summed E-state index contributed by atoms with van der Waals surface area (Å²) in [6.07, 6.45) is 6.69. The summed E-state index contributed by atoms with van der Waals surface area (Å²) in [7, 11) is 0. The Morgan fingerprint density at radius 2 is 1.84 bits per heavy atom. The van der Waals surface area contributed by atoms with Gasteiger partial charge in [-0.15, -0.1) is 0 Å². The third-order valence-electron chi connectivity index (χ3n) is 5.20. The monoisotopic (exact) mass is 268 g/mol. The molecule has 2 fully saturated rings. The maximum absolute atomic E-state index is 6.39. The third-order valence-corrected chi connectivity index (χ3v) is 5.20. The Kier molecular flexibility index (Phi) is 5.67. The molecule has 1 saturated carbocycles. The fourth-order valence-electron chi connectivity index (χ4n) is 3.84. The second-order valence-corrected chi connectivity index (χ2v) is 6.74. The van der Waals surface area contributed by atoms with Crippen molar-refractivity contribution in [3.63, 3.8) is 0 Å². The van der Waals surface area contributed by atoms with E-state index in [4.69, 9.17) is 10.5 Å². The Hall–Kier alpha value is -0.120. The largest absolute Gasteiger partial charge is 0.378 e. The molecule has 0 bridgehead atoms. The van der Waals surface area contributed by atoms with Crippen molar-refractivity contribution < 1.29 is 4.74 Å². The molecular weight excluding hydrogens is 236 g/mol. The van der Waals surface area contributed by atoms with E-state index in [9.17, 15) is 0 Å². The Morgan fingerprint density at radius 3 is 2.42 bits per heavy atom. The molecule has 2 aliphatic rings. The Bertz CT molecular complexity index is 261. The lowest BCUT2D eigenvalue weighted by Crippen LogP contribution is -2.54. The highest BCUT2D eigenvalue weighted by molar-refractivity contribution is 4.91. The Labute approximate surface area is 118 Å².